The van der Waals surface area contributed by atoms with Gasteiger partial charge in [0, 0.05) is 10.9 Å². The maximum Gasteiger partial charge on any atom is 0.300 e. The zero-order valence-corrected chi connectivity index (χ0v) is 11.2. The van der Waals surface area contributed by atoms with E-state index >= 15 is 0 Å². The number of aryl methyl sites for hydroxylation is 1. The third-order valence-electron chi connectivity index (χ3n) is 2.78. The third-order valence-corrected chi connectivity index (χ3v) is 3.71. The number of aromatic nitrogens is 3. The summed E-state index contributed by atoms with van der Waals surface area (Å²) in [5, 5.41) is 6.18. The molecule has 0 fully saturated rings. The van der Waals surface area contributed by atoms with Gasteiger partial charge >= 0.3 is 5.56 Å². The first-order valence-electron chi connectivity index (χ1n) is 5.73. The number of hydrogen-bond acceptors (Lipinski definition) is 6. The van der Waals surface area contributed by atoms with Crippen LogP contribution in [0.3, 0.4) is 0 Å². The summed E-state index contributed by atoms with van der Waals surface area (Å²) in [6.07, 6.45) is 1.48. The lowest BCUT2D eigenvalue weighted by Gasteiger charge is -2.03. The van der Waals surface area contributed by atoms with E-state index in [0.29, 0.717) is 16.2 Å². The molecule has 3 aromatic rings. The van der Waals surface area contributed by atoms with Gasteiger partial charge in [-0.25, -0.2) is 9.31 Å². The predicted molar refractivity (Wildman–Crippen MR) is 75.1 cm³/mol. The van der Waals surface area contributed by atoms with Crippen LogP contribution in [0.25, 0.3) is 16.2 Å². The van der Waals surface area contributed by atoms with E-state index in [-0.39, 0.29) is 5.69 Å². The van der Waals surface area contributed by atoms with Crippen molar-refractivity contribution in [3.63, 3.8) is 0 Å². The molecule has 2 heterocycles. The minimum atomic E-state index is -0.444. The number of para-hydroxylation sites is 1. The van der Waals surface area contributed by atoms with Crippen LogP contribution < -0.4 is 5.56 Å². The van der Waals surface area contributed by atoms with Crippen molar-refractivity contribution in [2.24, 2.45) is 4.99 Å². The quantitative estimate of drug-likeness (QED) is 0.533. The van der Waals surface area contributed by atoms with E-state index in [1.807, 2.05) is 12.3 Å². The lowest BCUT2D eigenvalue weighted by molar-refractivity contribution is 0.565. The molecular formula is C13H8N4O2S. The summed E-state index contributed by atoms with van der Waals surface area (Å²) in [7, 11) is 0. The van der Waals surface area contributed by atoms with Gasteiger partial charge in [-0.3, -0.25) is 4.79 Å². The Morgan fingerprint density at radius 1 is 1.35 bits per heavy atom. The highest BCUT2D eigenvalue weighted by atomic mass is 32.1. The summed E-state index contributed by atoms with van der Waals surface area (Å²) in [6, 6.07) is 6.76. The van der Waals surface area contributed by atoms with E-state index in [1.54, 1.807) is 28.8 Å². The van der Waals surface area contributed by atoms with Crippen molar-refractivity contribution < 1.29 is 4.79 Å². The van der Waals surface area contributed by atoms with Gasteiger partial charge < -0.3 is 0 Å². The Kier molecular flexibility index (Phi) is 2.98. The molecule has 2 aromatic heterocycles. The highest BCUT2D eigenvalue weighted by molar-refractivity contribution is 7.15. The van der Waals surface area contributed by atoms with Crippen LogP contribution >= 0.6 is 11.3 Å². The molecule has 3 rings (SSSR count). The minimum absolute atomic E-state index is 0.165. The van der Waals surface area contributed by atoms with E-state index in [1.165, 1.54) is 17.4 Å². The molecule has 0 radical (unpaired) electrons. The third kappa shape index (κ3) is 1.95. The molecule has 0 N–H and O–H groups in total. The standard InChI is InChI=1S/C13H8N4O2S/c1-8-6-20-13-15-12(19)11(16-17(8)13)9-4-2-3-5-10(9)14-7-18/h2-6H,1H3. The Morgan fingerprint density at radius 3 is 2.95 bits per heavy atom. The van der Waals surface area contributed by atoms with Gasteiger partial charge in [-0.15, -0.1) is 11.3 Å². The summed E-state index contributed by atoms with van der Waals surface area (Å²) in [6.45, 7) is 1.88. The average molecular weight is 284 g/mol. The molecular weight excluding hydrogens is 276 g/mol. The Bertz CT molecular complexity index is 906. The molecule has 0 saturated heterocycles. The number of nitrogens with zero attached hydrogens (tertiary/aromatic N) is 4. The van der Waals surface area contributed by atoms with Gasteiger partial charge in [0.1, 0.15) is 0 Å². The van der Waals surface area contributed by atoms with Gasteiger partial charge in [-0.05, 0) is 13.0 Å². The van der Waals surface area contributed by atoms with E-state index < -0.39 is 5.56 Å². The molecule has 0 aliphatic carbocycles. The molecule has 0 unspecified atom stereocenters. The Hall–Kier alpha value is -2.63. The van der Waals surface area contributed by atoms with Crippen molar-refractivity contribution >= 4 is 28.1 Å². The number of benzene rings is 1. The molecule has 7 heteroatoms. The number of hydrogen-bond donors (Lipinski definition) is 0. The molecule has 0 amide bonds. The van der Waals surface area contributed by atoms with Crippen LogP contribution in [0.15, 0.2) is 39.4 Å². The topological polar surface area (TPSA) is 76.7 Å². The Balaban J connectivity index is 2.34. The normalized spacial score (nSPS) is 10.4. The summed E-state index contributed by atoms with van der Waals surface area (Å²) in [4.78, 5) is 30.7. The number of isocyanates is 1. The summed E-state index contributed by atoms with van der Waals surface area (Å²) in [5.41, 5.74) is 1.42. The molecule has 0 spiro atoms. The number of fused-ring (bicyclic) bond motifs is 1. The molecule has 0 aliphatic rings. The van der Waals surface area contributed by atoms with E-state index in [0.717, 1.165) is 5.69 Å². The van der Waals surface area contributed by atoms with Gasteiger partial charge in [-0.2, -0.15) is 15.1 Å². The van der Waals surface area contributed by atoms with Gasteiger partial charge in [0.25, 0.3) is 0 Å². The van der Waals surface area contributed by atoms with Gasteiger partial charge in [0.05, 0.1) is 11.4 Å². The molecule has 0 saturated carbocycles. The van der Waals surface area contributed by atoms with E-state index in [9.17, 15) is 9.59 Å². The lowest BCUT2D eigenvalue weighted by atomic mass is 10.1. The first-order valence-corrected chi connectivity index (χ1v) is 6.61. The smallest absolute Gasteiger partial charge is 0.265 e. The van der Waals surface area contributed by atoms with Crippen LogP contribution in [0, 0.1) is 6.92 Å². The van der Waals surface area contributed by atoms with Crippen LogP contribution in [0.1, 0.15) is 5.69 Å². The summed E-state index contributed by atoms with van der Waals surface area (Å²) < 4.78 is 1.60. The molecule has 6 nitrogen and oxygen atoms in total. The highest BCUT2D eigenvalue weighted by Crippen LogP contribution is 2.26. The zero-order chi connectivity index (χ0) is 14.1. The first-order chi connectivity index (χ1) is 9.70. The van der Waals surface area contributed by atoms with Crippen molar-refractivity contribution in [2.45, 2.75) is 6.92 Å². The van der Waals surface area contributed by atoms with Gasteiger partial charge in [0.2, 0.25) is 11.0 Å². The largest absolute Gasteiger partial charge is 0.300 e. The van der Waals surface area contributed by atoms with Crippen molar-refractivity contribution in [3.8, 4) is 11.3 Å². The zero-order valence-electron chi connectivity index (χ0n) is 10.4. The highest BCUT2D eigenvalue weighted by Gasteiger charge is 2.13. The summed E-state index contributed by atoms with van der Waals surface area (Å²) >= 11 is 1.35. The summed E-state index contributed by atoms with van der Waals surface area (Å²) in [5.74, 6) is 0. The van der Waals surface area contributed by atoms with Crippen LogP contribution in [0.4, 0.5) is 5.69 Å². The van der Waals surface area contributed by atoms with E-state index in [2.05, 4.69) is 15.1 Å². The maximum absolute atomic E-state index is 12.1. The van der Waals surface area contributed by atoms with Crippen molar-refractivity contribution in [1.29, 1.82) is 0 Å². The maximum atomic E-state index is 12.1. The fourth-order valence-electron chi connectivity index (χ4n) is 1.86. The molecule has 0 bridgehead atoms. The second-order valence-corrected chi connectivity index (χ2v) is 4.89. The van der Waals surface area contributed by atoms with Crippen molar-refractivity contribution in [3.05, 3.63) is 45.7 Å². The predicted octanol–water partition coefficient (Wildman–Crippen LogP) is 2.09. The Morgan fingerprint density at radius 2 is 2.15 bits per heavy atom. The Labute approximate surface area is 117 Å². The number of aliphatic imine (C=N–C) groups is 1. The van der Waals surface area contributed by atoms with Crippen molar-refractivity contribution in [2.75, 3.05) is 0 Å². The molecule has 1 aromatic carbocycles. The second-order valence-electron chi connectivity index (χ2n) is 4.06. The minimum Gasteiger partial charge on any atom is -0.265 e. The van der Waals surface area contributed by atoms with Crippen LogP contribution in [0.2, 0.25) is 0 Å². The number of carbonyl (C=O) groups excluding carboxylic acids is 1. The number of rotatable bonds is 2. The van der Waals surface area contributed by atoms with E-state index in [4.69, 9.17) is 0 Å². The van der Waals surface area contributed by atoms with Crippen LogP contribution in [-0.2, 0) is 4.79 Å². The fourth-order valence-corrected chi connectivity index (χ4v) is 2.65. The first kappa shape index (κ1) is 12.4. The lowest BCUT2D eigenvalue weighted by Crippen LogP contribution is -2.15. The average Bonchev–Trinajstić information content (AvgIpc) is 2.80. The van der Waals surface area contributed by atoms with Crippen molar-refractivity contribution in [1.82, 2.24) is 14.6 Å². The monoisotopic (exact) mass is 284 g/mol. The van der Waals surface area contributed by atoms with Gasteiger partial charge in [-0.1, -0.05) is 18.2 Å². The van der Waals surface area contributed by atoms with Crippen LogP contribution in [-0.4, -0.2) is 20.7 Å². The molecule has 0 atom stereocenters. The molecule has 98 valence electrons. The number of thiazole rings is 1. The second kappa shape index (κ2) is 4.80. The molecule has 0 aliphatic heterocycles. The van der Waals surface area contributed by atoms with Crippen LogP contribution in [0.5, 0.6) is 0 Å². The SMILES string of the molecule is Cc1csc2nc(=O)c(-c3ccccc3N=C=O)nn12. The van der Waals surface area contributed by atoms with Gasteiger partial charge in [0.15, 0.2) is 5.69 Å². The fraction of sp³-hybridized carbons (Fsp3) is 0.0769. The molecule has 20 heavy (non-hydrogen) atoms.